The molecule has 0 bridgehead atoms. The largest absolute Gasteiger partial charge is 0.337 e. The number of benzene rings is 1. The van der Waals surface area contributed by atoms with Crippen LogP contribution in [0.2, 0.25) is 24.8 Å². The number of fused-ring (bicyclic) bond motifs is 1. The van der Waals surface area contributed by atoms with Gasteiger partial charge in [0.2, 0.25) is 0 Å². The highest BCUT2D eigenvalue weighted by molar-refractivity contribution is 6.83. The Kier molecular flexibility index (Phi) is 4.71. The third-order valence-corrected chi connectivity index (χ3v) is 4.39. The van der Waals surface area contributed by atoms with Crippen molar-refractivity contribution in [3.05, 3.63) is 53.3 Å². The van der Waals surface area contributed by atoms with Crippen molar-refractivity contribution in [3.8, 4) is 11.5 Å². The van der Waals surface area contributed by atoms with E-state index in [9.17, 15) is 4.39 Å². The first-order valence-corrected chi connectivity index (χ1v) is 11.6. The van der Waals surface area contributed by atoms with Crippen LogP contribution in [0.5, 0.6) is 0 Å². The summed E-state index contributed by atoms with van der Waals surface area (Å²) in [4.78, 5) is 12.3. The summed E-state index contributed by atoms with van der Waals surface area (Å²) in [5.41, 5.74) is 4.47. The van der Waals surface area contributed by atoms with Gasteiger partial charge in [-0.15, -0.1) is 5.54 Å². The third kappa shape index (κ3) is 4.13. The summed E-state index contributed by atoms with van der Waals surface area (Å²) in [5.74, 6) is 3.02. The van der Waals surface area contributed by atoms with Gasteiger partial charge < -0.3 is 5.32 Å². The minimum Gasteiger partial charge on any atom is -0.337 e. The van der Waals surface area contributed by atoms with E-state index in [2.05, 4.69) is 51.4 Å². The van der Waals surface area contributed by atoms with Gasteiger partial charge >= 0.3 is 0 Å². The van der Waals surface area contributed by atoms with E-state index in [0.717, 1.165) is 0 Å². The van der Waals surface area contributed by atoms with Gasteiger partial charge in [0.1, 0.15) is 25.4 Å². The Labute approximate surface area is 151 Å². The zero-order chi connectivity index (χ0) is 18.0. The SMILES string of the molecule is C[Si](C)(C)C#Cc1cccc(Nc2ncnc3cnc(Cl)cc23)c1F. The van der Waals surface area contributed by atoms with E-state index in [-0.39, 0.29) is 0 Å². The first-order valence-electron chi connectivity index (χ1n) is 7.68. The van der Waals surface area contributed by atoms with Gasteiger partial charge in [-0.25, -0.2) is 19.3 Å². The predicted octanol–water partition coefficient (Wildman–Crippen LogP) is 4.79. The molecule has 0 aliphatic heterocycles. The Morgan fingerprint density at radius 1 is 1.16 bits per heavy atom. The molecule has 0 radical (unpaired) electrons. The molecule has 0 saturated carbocycles. The molecule has 1 N–H and O–H groups in total. The molecule has 0 unspecified atom stereocenters. The zero-order valence-corrected chi connectivity index (χ0v) is 15.8. The van der Waals surface area contributed by atoms with Crippen molar-refractivity contribution in [3.63, 3.8) is 0 Å². The van der Waals surface area contributed by atoms with Crippen molar-refractivity contribution in [1.29, 1.82) is 0 Å². The lowest BCUT2D eigenvalue weighted by molar-refractivity contribution is 0.628. The van der Waals surface area contributed by atoms with Crippen LogP contribution in [0.3, 0.4) is 0 Å². The lowest BCUT2D eigenvalue weighted by Crippen LogP contribution is -2.16. The second-order valence-electron chi connectivity index (χ2n) is 6.54. The molecule has 7 heteroatoms. The average molecular weight is 371 g/mol. The summed E-state index contributed by atoms with van der Waals surface area (Å²) in [6.07, 6.45) is 2.95. The predicted molar refractivity (Wildman–Crippen MR) is 102 cm³/mol. The fourth-order valence-corrected chi connectivity index (χ4v) is 2.81. The minimum atomic E-state index is -1.59. The van der Waals surface area contributed by atoms with Crippen molar-refractivity contribution in [2.45, 2.75) is 19.6 Å². The number of nitrogens with zero attached hydrogens (tertiary/aromatic N) is 3. The highest BCUT2D eigenvalue weighted by Crippen LogP contribution is 2.26. The fraction of sp³-hybridized carbons (Fsp3) is 0.167. The first kappa shape index (κ1) is 17.3. The highest BCUT2D eigenvalue weighted by atomic mass is 35.5. The summed E-state index contributed by atoms with van der Waals surface area (Å²) in [6.45, 7) is 6.35. The number of pyridine rings is 1. The monoisotopic (exact) mass is 370 g/mol. The number of rotatable bonds is 2. The Morgan fingerprint density at radius 2 is 1.96 bits per heavy atom. The molecule has 126 valence electrons. The van der Waals surface area contributed by atoms with Gasteiger partial charge in [-0.3, -0.25) is 0 Å². The third-order valence-electron chi connectivity index (χ3n) is 3.31. The van der Waals surface area contributed by atoms with E-state index in [1.807, 2.05) is 0 Å². The molecule has 4 nitrogen and oxygen atoms in total. The Bertz CT molecular complexity index is 1010. The molecule has 3 rings (SSSR count). The van der Waals surface area contributed by atoms with Gasteiger partial charge in [-0.2, -0.15) is 0 Å². The zero-order valence-electron chi connectivity index (χ0n) is 14.1. The molecule has 1 aromatic carbocycles. The maximum atomic E-state index is 14.8. The molecular formula is C18H16ClFN4Si. The van der Waals surface area contributed by atoms with Crippen LogP contribution in [0.4, 0.5) is 15.9 Å². The van der Waals surface area contributed by atoms with E-state index >= 15 is 0 Å². The maximum Gasteiger partial charge on any atom is 0.162 e. The van der Waals surface area contributed by atoms with Gasteiger partial charge in [0.15, 0.2) is 5.82 Å². The van der Waals surface area contributed by atoms with Gasteiger partial charge in [0.25, 0.3) is 0 Å². The average Bonchev–Trinajstić information content (AvgIpc) is 2.55. The molecule has 0 saturated heterocycles. The van der Waals surface area contributed by atoms with Crippen LogP contribution in [-0.2, 0) is 0 Å². The Morgan fingerprint density at radius 3 is 2.72 bits per heavy atom. The van der Waals surface area contributed by atoms with Gasteiger partial charge in [0, 0.05) is 5.39 Å². The molecule has 2 aromatic heterocycles. The minimum absolute atomic E-state index is 0.301. The summed E-state index contributed by atoms with van der Waals surface area (Å²) in [6, 6.07) is 6.72. The number of anilines is 2. The molecule has 0 aliphatic carbocycles. The van der Waals surface area contributed by atoms with Gasteiger partial charge in [-0.1, -0.05) is 43.2 Å². The van der Waals surface area contributed by atoms with Crippen molar-refractivity contribution in [1.82, 2.24) is 15.0 Å². The number of nitrogens with one attached hydrogen (secondary N) is 1. The van der Waals surface area contributed by atoms with E-state index in [4.69, 9.17) is 11.6 Å². The molecule has 3 aromatic rings. The molecule has 2 heterocycles. The van der Waals surface area contributed by atoms with Crippen LogP contribution in [-0.4, -0.2) is 23.0 Å². The molecule has 0 spiro atoms. The quantitative estimate of drug-likeness (QED) is 0.400. The summed E-state index contributed by atoms with van der Waals surface area (Å²) in [5, 5.41) is 4.00. The van der Waals surface area contributed by atoms with Crippen molar-refractivity contribution >= 4 is 42.1 Å². The van der Waals surface area contributed by atoms with Crippen LogP contribution in [0.15, 0.2) is 36.8 Å². The van der Waals surface area contributed by atoms with E-state index in [1.165, 1.54) is 6.33 Å². The molecule has 0 atom stereocenters. The standard InChI is InChI=1S/C18H16ClFN4Si/c1-25(2,3)8-7-12-5-4-6-14(17(12)20)24-18-13-9-16(19)21-10-15(13)22-11-23-18/h4-6,9-11H,1-3H3,(H,22,23,24). The van der Waals surface area contributed by atoms with Crippen molar-refractivity contribution in [2.75, 3.05) is 5.32 Å². The van der Waals surface area contributed by atoms with E-state index < -0.39 is 13.9 Å². The van der Waals surface area contributed by atoms with Crippen LogP contribution in [0.25, 0.3) is 10.9 Å². The van der Waals surface area contributed by atoms with Crippen molar-refractivity contribution < 1.29 is 4.39 Å². The molecule has 0 fully saturated rings. The van der Waals surface area contributed by atoms with Gasteiger partial charge in [0.05, 0.1) is 23.0 Å². The second kappa shape index (κ2) is 6.79. The second-order valence-corrected chi connectivity index (χ2v) is 11.7. The molecular weight excluding hydrogens is 355 g/mol. The normalized spacial score (nSPS) is 11.1. The lowest BCUT2D eigenvalue weighted by Gasteiger charge is -2.10. The summed E-state index contributed by atoms with van der Waals surface area (Å²) < 4.78 is 14.8. The first-order chi connectivity index (χ1) is 11.8. The maximum absolute atomic E-state index is 14.8. The molecule has 25 heavy (non-hydrogen) atoms. The summed E-state index contributed by atoms with van der Waals surface area (Å²) in [7, 11) is -1.59. The Balaban J connectivity index is 2.02. The molecule has 0 amide bonds. The smallest absolute Gasteiger partial charge is 0.162 e. The van der Waals surface area contributed by atoms with Crippen LogP contribution in [0, 0.1) is 17.3 Å². The number of hydrogen-bond donors (Lipinski definition) is 1. The van der Waals surface area contributed by atoms with Crippen LogP contribution < -0.4 is 5.32 Å². The highest BCUT2D eigenvalue weighted by Gasteiger charge is 2.12. The van der Waals surface area contributed by atoms with E-state index in [0.29, 0.717) is 33.1 Å². The van der Waals surface area contributed by atoms with Gasteiger partial charge in [-0.05, 0) is 18.2 Å². The summed E-state index contributed by atoms with van der Waals surface area (Å²) >= 11 is 5.95. The van der Waals surface area contributed by atoms with Crippen LogP contribution >= 0.6 is 11.6 Å². The Hall–Kier alpha value is -2.49. The topological polar surface area (TPSA) is 50.7 Å². The van der Waals surface area contributed by atoms with Crippen molar-refractivity contribution in [2.24, 2.45) is 0 Å². The van der Waals surface area contributed by atoms with E-state index in [1.54, 1.807) is 30.5 Å². The number of aromatic nitrogens is 3. The van der Waals surface area contributed by atoms with Crippen LogP contribution in [0.1, 0.15) is 5.56 Å². The lowest BCUT2D eigenvalue weighted by atomic mass is 10.2. The fourth-order valence-electron chi connectivity index (χ4n) is 2.14. The number of hydrogen-bond acceptors (Lipinski definition) is 4. The molecule has 0 aliphatic rings. The number of halogens is 2.